The van der Waals surface area contributed by atoms with E-state index in [1.54, 1.807) is 0 Å². The highest BCUT2D eigenvalue weighted by atomic mass is 16.4. The molecule has 106 valence electrons. The number of carboxylic acid groups (broad SMARTS) is 1. The monoisotopic (exact) mass is 273 g/mol. The summed E-state index contributed by atoms with van der Waals surface area (Å²) < 4.78 is 0. The molecule has 20 heavy (non-hydrogen) atoms. The van der Waals surface area contributed by atoms with Crippen molar-refractivity contribution >= 4 is 17.6 Å². The third kappa shape index (κ3) is 2.19. The van der Waals surface area contributed by atoms with Crippen molar-refractivity contribution < 1.29 is 14.7 Å². The number of aryl methyl sites for hydroxylation is 1. The van der Waals surface area contributed by atoms with Crippen LogP contribution in [0, 0.1) is 30.6 Å². The van der Waals surface area contributed by atoms with Gasteiger partial charge in [0.1, 0.15) is 0 Å². The van der Waals surface area contributed by atoms with Gasteiger partial charge in [0.05, 0.1) is 11.8 Å². The Labute approximate surface area is 118 Å². The van der Waals surface area contributed by atoms with Crippen molar-refractivity contribution in [3.8, 4) is 0 Å². The van der Waals surface area contributed by atoms with Crippen LogP contribution in [-0.2, 0) is 9.59 Å². The topological polar surface area (TPSA) is 66.4 Å². The van der Waals surface area contributed by atoms with Gasteiger partial charge in [0.15, 0.2) is 0 Å². The first-order chi connectivity index (χ1) is 9.56. The Bertz CT molecular complexity index is 554. The van der Waals surface area contributed by atoms with E-state index >= 15 is 0 Å². The molecule has 3 rings (SSSR count). The fourth-order valence-electron chi connectivity index (χ4n) is 3.97. The zero-order valence-electron chi connectivity index (χ0n) is 11.5. The second kappa shape index (κ2) is 4.93. The predicted molar refractivity (Wildman–Crippen MR) is 75.3 cm³/mol. The summed E-state index contributed by atoms with van der Waals surface area (Å²) in [5.74, 6) is -1.39. The third-order valence-corrected chi connectivity index (χ3v) is 4.79. The molecule has 1 amide bonds. The van der Waals surface area contributed by atoms with Gasteiger partial charge < -0.3 is 10.4 Å². The van der Waals surface area contributed by atoms with Crippen molar-refractivity contribution in [3.05, 3.63) is 29.8 Å². The van der Waals surface area contributed by atoms with Crippen LogP contribution in [0.2, 0.25) is 0 Å². The van der Waals surface area contributed by atoms with Crippen LogP contribution in [0.4, 0.5) is 5.69 Å². The van der Waals surface area contributed by atoms with Crippen molar-refractivity contribution in [2.45, 2.75) is 26.2 Å². The molecule has 1 aromatic carbocycles. The Kier molecular flexibility index (Phi) is 3.24. The lowest BCUT2D eigenvalue weighted by molar-refractivity contribution is -0.148. The van der Waals surface area contributed by atoms with Crippen LogP contribution in [-0.4, -0.2) is 17.0 Å². The molecule has 4 nitrogen and oxygen atoms in total. The van der Waals surface area contributed by atoms with Crippen LogP contribution in [0.25, 0.3) is 0 Å². The standard InChI is InChI=1S/C16H19NO3/c1-9-3-2-4-12(7-9)17-15(18)13-10-5-6-11(8-10)14(13)16(19)20/h2-4,7,10-11,13-14H,5-6,8H2,1H3,(H,17,18)(H,19,20)/t10-,11-,13+,14-/m0/s1. The van der Waals surface area contributed by atoms with Crippen LogP contribution in [0.15, 0.2) is 24.3 Å². The third-order valence-electron chi connectivity index (χ3n) is 4.79. The Morgan fingerprint density at radius 2 is 1.90 bits per heavy atom. The van der Waals surface area contributed by atoms with Crippen LogP contribution < -0.4 is 5.32 Å². The lowest BCUT2D eigenvalue weighted by Gasteiger charge is -2.27. The number of fused-ring (bicyclic) bond motifs is 2. The average molecular weight is 273 g/mol. The van der Waals surface area contributed by atoms with Crippen molar-refractivity contribution in [2.75, 3.05) is 5.32 Å². The summed E-state index contributed by atoms with van der Waals surface area (Å²) in [6.45, 7) is 1.97. The van der Waals surface area contributed by atoms with Gasteiger partial charge in [0, 0.05) is 5.69 Å². The number of carbonyl (C=O) groups is 2. The number of aliphatic carboxylic acids is 1. The molecular weight excluding hydrogens is 254 g/mol. The SMILES string of the molecule is Cc1cccc(NC(=O)[C@@H]2[C@H]3CC[C@@H](C3)[C@@H]2C(=O)O)c1. The van der Waals surface area contributed by atoms with Crippen LogP contribution in [0.5, 0.6) is 0 Å². The lowest BCUT2D eigenvalue weighted by Crippen LogP contribution is -2.37. The van der Waals surface area contributed by atoms with E-state index in [9.17, 15) is 14.7 Å². The summed E-state index contributed by atoms with van der Waals surface area (Å²) >= 11 is 0. The molecule has 2 saturated carbocycles. The molecule has 2 aliphatic carbocycles. The first kappa shape index (κ1) is 13.2. The fraction of sp³-hybridized carbons (Fsp3) is 0.500. The number of hydrogen-bond donors (Lipinski definition) is 2. The van der Waals surface area contributed by atoms with Gasteiger partial charge in [-0.3, -0.25) is 9.59 Å². The summed E-state index contributed by atoms with van der Waals surface area (Å²) in [5.41, 5.74) is 1.83. The van der Waals surface area contributed by atoms with E-state index in [0.29, 0.717) is 0 Å². The molecule has 2 aliphatic rings. The van der Waals surface area contributed by atoms with Gasteiger partial charge in [-0.2, -0.15) is 0 Å². The minimum absolute atomic E-state index is 0.129. The zero-order chi connectivity index (χ0) is 14.3. The van der Waals surface area contributed by atoms with E-state index in [2.05, 4.69) is 5.32 Å². The molecule has 0 aromatic heterocycles. The number of hydrogen-bond acceptors (Lipinski definition) is 2. The number of amides is 1. The Hall–Kier alpha value is -1.84. The molecule has 4 atom stereocenters. The maximum Gasteiger partial charge on any atom is 0.307 e. The number of rotatable bonds is 3. The molecule has 0 radical (unpaired) electrons. The summed E-state index contributed by atoms with van der Waals surface area (Å²) in [6.07, 6.45) is 2.83. The van der Waals surface area contributed by atoms with Crippen molar-refractivity contribution in [1.82, 2.24) is 0 Å². The smallest absolute Gasteiger partial charge is 0.307 e. The Morgan fingerprint density at radius 3 is 2.55 bits per heavy atom. The molecular formula is C16H19NO3. The van der Waals surface area contributed by atoms with Crippen LogP contribution in [0.1, 0.15) is 24.8 Å². The lowest BCUT2D eigenvalue weighted by atomic mass is 9.78. The second-order valence-electron chi connectivity index (χ2n) is 6.08. The minimum Gasteiger partial charge on any atom is -0.481 e. The first-order valence-corrected chi connectivity index (χ1v) is 7.16. The van der Waals surface area contributed by atoms with Gasteiger partial charge in [-0.05, 0) is 55.7 Å². The molecule has 0 unspecified atom stereocenters. The molecule has 2 bridgehead atoms. The van der Waals surface area contributed by atoms with E-state index in [0.717, 1.165) is 30.5 Å². The van der Waals surface area contributed by atoms with Gasteiger partial charge in [0.2, 0.25) is 5.91 Å². The van der Waals surface area contributed by atoms with E-state index in [4.69, 9.17) is 0 Å². The predicted octanol–water partition coefficient (Wildman–Crippen LogP) is 2.68. The van der Waals surface area contributed by atoms with Crippen molar-refractivity contribution in [1.29, 1.82) is 0 Å². The van der Waals surface area contributed by atoms with Crippen molar-refractivity contribution in [3.63, 3.8) is 0 Å². The molecule has 4 heteroatoms. The molecule has 1 aromatic rings. The Morgan fingerprint density at radius 1 is 1.20 bits per heavy atom. The molecule has 0 aliphatic heterocycles. The molecule has 2 fully saturated rings. The van der Waals surface area contributed by atoms with E-state index in [-0.39, 0.29) is 23.7 Å². The van der Waals surface area contributed by atoms with E-state index in [1.807, 2.05) is 31.2 Å². The zero-order valence-corrected chi connectivity index (χ0v) is 11.5. The molecule has 2 N–H and O–H groups in total. The Balaban J connectivity index is 1.78. The van der Waals surface area contributed by atoms with Gasteiger partial charge >= 0.3 is 5.97 Å². The highest BCUT2D eigenvalue weighted by molar-refractivity contribution is 5.96. The highest BCUT2D eigenvalue weighted by Gasteiger charge is 2.53. The van der Waals surface area contributed by atoms with Gasteiger partial charge in [-0.1, -0.05) is 12.1 Å². The van der Waals surface area contributed by atoms with E-state index in [1.165, 1.54) is 0 Å². The summed E-state index contributed by atoms with van der Waals surface area (Å²) in [5, 5.41) is 12.3. The number of benzene rings is 1. The average Bonchev–Trinajstić information content (AvgIpc) is 2.98. The number of nitrogens with one attached hydrogen (secondary N) is 1. The molecule has 0 spiro atoms. The highest BCUT2D eigenvalue weighted by Crippen LogP contribution is 2.52. The van der Waals surface area contributed by atoms with E-state index < -0.39 is 11.9 Å². The molecule has 0 heterocycles. The van der Waals surface area contributed by atoms with Gasteiger partial charge in [0.25, 0.3) is 0 Å². The van der Waals surface area contributed by atoms with Crippen LogP contribution >= 0.6 is 0 Å². The minimum atomic E-state index is -0.818. The van der Waals surface area contributed by atoms with Crippen molar-refractivity contribution in [2.24, 2.45) is 23.7 Å². The number of carboxylic acids is 1. The summed E-state index contributed by atoms with van der Waals surface area (Å²) in [6, 6.07) is 7.60. The van der Waals surface area contributed by atoms with Gasteiger partial charge in [-0.15, -0.1) is 0 Å². The second-order valence-corrected chi connectivity index (χ2v) is 6.08. The number of carbonyl (C=O) groups excluding carboxylic acids is 1. The quantitative estimate of drug-likeness (QED) is 0.889. The summed E-state index contributed by atoms with van der Waals surface area (Å²) in [7, 11) is 0. The maximum atomic E-state index is 12.5. The summed E-state index contributed by atoms with van der Waals surface area (Å²) in [4.78, 5) is 23.9. The fourth-order valence-corrected chi connectivity index (χ4v) is 3.97. The first-order valence-electron chi connectivity index (χ1n) is 7.16. The normalized spacial score (nSPS) is 31.2. The van der Waals surface area contributed by atoms with Crippen LogP contribution in [0.3, 0.4) is 0 Å². The molecule has 0 saturated heterocycles. The van der Waals surface area contributed by atoms with Gasteiger partial charge in [-0.25, -0.2) is 0 Å². The maximum absolute atomic E-state index is 12.5. The largest absolute Gasteiger partial charge is 0.481 e. The number of anilines is 1.